The molecule has 0 saturated carbocycles. The second-order valence-electron chi connectivity index (χ2n) is 10.7. The lowest BCUT2D eigenvalue weighted by molar-refractivity contribution is -0.128. The lowest BCUT2D eigenvalue weighted by Gasteiger charge is -2.41. The summed E-state index contributed by atoms with van der Waals surface area (Å²) in [4.78, 5) is 30.8. The Kier molecular flexibility index (Phi) is 8.36. The van der Waals surface area contributed by atoms with E-state index in [1.165, 1.54) is 12.5 Å². The number of fused-ring (bicyclic) bond motifs is 1. The van der Waals surface area contributed by atoms with Crippen LogP contribution in [-0.4, -0.2) is 82.5 Å². The second kappa shape index (κ2) is 11.9. The fourth-order valence-electron chi connectivity index (χ4n) is 5.88. The van der Waals surface area contributed by atoms with Crippen molar-refractivity contribution in [3.8, 4) is 12.1 Å². The number of hydrogen-bond acceptors (Lipinski definition) is 8. The third-order valence-electron chi connectivity index (χ3n) is 8.11. The number of carbonyl (C=O) groups excluding carboxylic acids is 1. The number of nitrogens with zero attached hydrogens (tertiary/aromatic N) is 7. The molecule has 10 heteroatoms. The van der Waals surface area contributed by atoms with Crippen LogP contribution in [0.25, 0.3) is 0 Å². The summed E-state index contributed by atoms with van der Waals surface area (Å²) in [6, 6.07) is 8.89. The Balaban J connectivity index is 1.41. The maximum atomic E-state index is 12.5. The molecule has 0 bridgehead atoms. The number of benzene rings is 1. The number of piperazine rings is 1. The molecule has 4 heterocycles. The Labute approximate surface area is 235 Å². The van der Waals surface area contributed by atoms with Gasteiger partial charge in [0.05, 0.1) is 24.2 Å². The quantitative estimate of drug-likeness (QED) is 0.462. The average molecular weight is 550 g/mol. The number of likely N-dealkylation sites (N-methyl/N-ethyl adjacent to an activating group) is 1. The third kappa shape index (κ3) is 5.88. The molecule has 5 rings (SSSR count). The number of anilines is 1. The molecule has 2 fully saturated rings. The molecule has 0 N–H and O–H groups in total. The van der Waals surface area contributed by atoms with Crippen LogP contribution in [0.4, 0.5) is 5.82 Å². The summed E-state index contributed by atoms with van der Waals surface area (Å²) in [5.74, 6) is 0.690. The highest BCUT2D eigenvalue weighted by atomic mass is 35.5. The van der Waals surface area contributed by atoms with Gasteiger partial charge in [-0.15, -0.1) is 0 Å². The molecule has 2 saturated heterocycles. The fraction of sp³-hybridized carbons (Fsp3) is 0.517. The van der Waals surface area contributed by atoms with Crippen LogP contribution >= 0.6 is 11.6 Å². The number of carbonyl (C=O) groups is 1. The van der Waals surface area contributed by atoms with E-state index in [9.17, 15) is 10.1 Å². The van der Waals surface area contributed by atoms with Crippen LogP contribution in [0.1, 0.15) is 41.6 Å². The summed E-state index contributed by atoms with van der Waals surface area (Å²) >= 11 is 6.62. The van der Waals surface area contributed by atoms with Crippen molar-refractivity contribution >= 4 is 23.3 Å². The Hall–Kier alpha value is -3.19. The first kappa shape index (κ1) is 27.4. The molecule has 9 nitrogen and oxygen atoms in total. The van der Waals surface area contributed by atoms with E-state index < -0.39 is 0 Å². The molecule has 1 aromatic heterocycles. The lowest BCUT2D eigenvalue weighted by atomic mass is 10.1. The summed E-state index contributed by atoms with van der Waals surface area (Å²) in [5.41, 5.74) is 4.18. The van der Waals surface area contributed by atoms with Gasteiger partial charge in [0.2, 0.25) is 5.91 Å². The van der Waals surface area contributed by atoms with Crippen LogP contribution in [0, 0.1) is 18.3 Å². The maximum Gasteiger partial charge on any atom is 0.318 e. The molecule has 0 spiro atoms. The highest BCUT2D eigenvalue weighted by molar-refractivity contribution is 6.32. The van der Waals surface area contributed by atoms with Crippen LogP contribution in [0.2, 0.25) is 5.02 Å². The molecule has 39 heavy (non-hydrogen) atoms. The molecule has 3 aliphatic heterocycles. The van der Waals surface area contributed by atoms with E-state index in [-0.39, 0.29) is 18.4 Å². The molecule has 0 aliphatic carbocycles. The number of hydrogen-bond donors (Lipinski definition) is 0. The molecule has 2 aromatic rings. The number of aromatic nitrogens is 2. The molecule has 0 radical (unpaired) electrons. The maximum absolute atomic E-state index is 12.5. The summed E-state index contributed by atoms with van der Waals surface area (Å²) in [7, 11) is 2.13. The Morgan fingerprint density at radius 3 is 2.85 bits per heavy atom. The minimum atomic E-state index is -0.236. The van der Waals surface area contributed by atoms with E-state index in [0.29, 0.717) is 57.9 Å². The fourth-order valence-corrected chi connectivity index (χ4v) is 6.07. The number of aryl methyl sites for hydroxylation is 1. The van der Waals surface area contributed by atoms with Crippen molar-refractivity contribution in [1.29, 1.82) is 5.26 Å². The van der Waals surface area contributed by atoms with E-state index in [1.54, 1.807) is 4.90 Å². The van der Waals surface area contributed by atoms with Crippen LogP contribution in [0.15, 0.2) is 30.9 Å². The highest BCUT2D eigenvalue weighted by Crippen LogP contribution is 2.34. The van der Waals surface area contributed by atoms with Crippen LogP contribution in [0.5, 0.6) is 6.01 Å². The normalized spacial score (nSPS) is 21.6. The average Bonchev–Trinajstić information content (AvgIpc) is 3.54. The topological polar surface area (TPSA) is 88.8 Å². The molecular weight excluding hydrogens is 514 g/mol. The Morgan fingerprint density at radius 1 is 1.26 bits per heavy atom. The van der Waals surface area contributed by atoms with E-state index in [1.807, 2.05) is 19.1 Å². The first-order valence-corrected chi connectivity index (χ1v) is 14.0. The van der Waals surface area contributed by atoms with E-state index >= 15 is 0 Å². The monoisotopic (exact) mass is 549 g/mol. The van der Waals surface area contributed by atoms with Gasteiger partial charge in [-0.25, -0.2) is 0 Å². The largest absolute Gasteiger partial charge is 0.462 e. The van der Waals surface area contributed by atoms with Crippen molar-refractivity contribution in [2.75, 3.05) is 44.7 Å². The molecular formula is C29H36ClN7O2. The van der Waals surface area contributed by atoms with Crippen molar-refractivity contribution in [3.05, 3.63) is 58.3 Å². The van der Waals surface area contributed by atoms with E-state index in [2.05, 4.69) is 40.5 Å². The zero-order valence-electron chi connectivity index (χ0n) is 22.8. The zero-order valence-corrected chi connectivity index (χ0v) is 23.5. The van der Waals surface area contributed by atoms with Crippen LogP contribution in [-0.2, 0) is 24.4 Å². The number of halogens is 1. The Morgan fingerprint density at radius 2 is 2.10 bits per heavy atom. The van der Waals surface area contributed by atoms with Crippen molar-refractivity contribution in [3.63, 3.8) is 0 Å². The third-order valence-corrected chi connectivity index (χ3v) is 8.66. The highest BCUT2D eigenvalue weighted by Gasteiger charge is 2.34. The summed E-state index contributed by atoms with van der Waals surface area (Å²) < 4.78 is 6.20. The molecule has 0 unspecified atom stereocenters. The SMILES string of the molecule is C=CC(=O)N1CCN(c2nc(OC[C@@H]3CCCN3C)nc3c2CN(Cc2cccc(C)c2Cl)C3)C[C@@H]1CC#N. The minimum absolute atomic E-state index is 0.145. The predicted molar refractivity (Wildman–Crippen MR) is 150 cm³/mol. The molecule has 3 aliphatic rings. The number of rotatable bonds is 8. The smallest absolute Gasteiger partial charge is 0.318 e. The molecule has 206 valence electrons. The van der Waals surface area contributed by atoms with Gasteiger partial charge in [-0.05, 0) is 50.6 Å². The summed E-state index contributed by atoms with van der Waals surface area (Å²) in [5, 5.41) is 10.3. The zero-order chi connectivity index (χ0) is 27.5. The number of nitriles is 1. The van der Waals surface area contributed by atoms with Gasteiger partial charge in [-0.1, -0.05) is 36.4 Å². The molecule has 1 aromatic carbocycles. The molecule has 1 amide bonds. The molecule has 2 atom stereocenters. The first-order chi connectivity index (χ1) is 18.9. The first-order valence-electron chi connectivity index (χ1n) is 13.6. The lowest BCUT2D eigenvalue weighted by Crippen LogP contribution is -2.55. The van der Waals surface area contributed by atoms with Gasteiger partial charge in [0.1, 0.15) is 12.4 Å². The van der Waals surface area contributed by atoms with Gasteiger partial charge in [0.25, 0.3) is 0 Å². The summed E-state index contributed by atoms with van der Waals surface area (Å²) in [6.45, 7) is 11.0. The number of likely N-dealkylation sites (tertiary alicyclic amines) is 1. The van der Waals surface area contributed by atoms with Gasteiger partial charge < -0.3 is 19.4 Å². The van der Waals surface area contributed by atoms with Crippen molar-refractivity contribution in [2.24, 2.45) is 0 Å². The van der Waals surface area contributed by atoms with Crippen molar-refractivity contribution in [2.45, 2.75) is 57.9 Å². The Bertz CT molecular complexity index is 1280. The standard InChI is InChI=1S/C29H36ClN7O2/c1-4-26(38)37-14-13-36(16-22(37)10-11-31)28-24-17-35(15-21-8-5-7-20(2)27(21)30)18-25(24)32-29(33-28)39-19-23-9-6-12-34(23)3/h4-5,7-8,22-23H,1,6,9-10,12-19H2,2-3H3/t22-,23-/m0/s1. The number of amides is 1. The van der Waals surface area contributed by atoms with Crippen molar-refractivity contribution < 1.29 is 9.53 Å². The van der Waals surface area contributed by atoms with Crippen molar-refractivity contribution in [1.82, 2.24) is 24.7 Å². The van der Waals surface area contributed by atoms with E-state index in [0.717, 1.165) is 46.2 Å². The minimum Gasteiger partial charge on any atom is -0.462 e. The second-order valence-corrected chi connectivity index (χ2v) is 11.1. The van der Waals surface area contributed by atoms with Gasteiger partial charge in [-0.3, -0.25) is 9.69 Å². The van der Waals surface area contributed by atoms with Gasteiger partial charge >= 0.3 is 6.01 Å². The van der Waals surface area contributed by atoms with E-state index in [4.69, 9.17) is 26.3 Å². The van der Waals surface area contributed by atoms with Crippen LogP contribution in [0.3, 0.4) is 0 Å². The predicted octanol–water partition coefficient (Wildman–Crippen LogP) is 3.54. The number of ether oxygens (including phenoxy) is 1. The summed E-state index contributed by atoms with van der Waals surface area (Å²) in [6.07, 6.45) is 3.85. The van der Waals surface area contributed by atoms with Gasteiger partial charge in [0.15, 0.2) is 0 Å². The van der Waals surface area contributed by atoms with Crippen LogP contribution < -0.4 is 9.64 Å². The van der Waals surface area contributed by atoms with Gasteiger partial charge in [0, 0.05) is 55.9 Å². The van der Waals surface area contributed by atoms with Gasteiger partial charge in [-0.2, -0.15) is 15.2 Å².